The van der Waals surface area contributed by atoms with Gasteiger partial charge < -0.3 is 10.4 Å². The Morgan fingerprint density at radius 2 is 1.63 bits per heavy atom. The molecule has 0 fully saturated rings. The molecular weight excluding hydrogens is 242 g/mol. The Bertz CT molecular complexity index is 472. The number of nitrogens with one attached hydrogen (secondary N) is 1. The molecule has 0 radical (unpaired) electrons. The summed E-state index contributed by atoms with van der Waals surface area (Å²) in [6.45, 7) is 7.50. The number of hydrogen-bond donors (Lipinski definition) is 2. The van der Waals surface area contributed by atoms with Gasteiger partial charge in [0, 0.05) is 12.1 Å². The van der Waals surface area contributed by atoms with Crippen LogP contribution in [0.15, 0.2) is 18.2 Å². The lowest BCUT2D eigenvalue weighted by molar-refractivity contribution is -0.139. The van der Waals surface area contributed by atoms with Crippen LogP contribution in [0.2, 0.25) is 0 Å². The van der Waals surface area contributed by atoms with Crippen molar-refractivity contribution >= 4 is 17.6 Å². The zero-order valence-electron chi connectivity index (χ0n) is 11.9. The Kier molecular flexibility index (Phi) is 4.70. The van der Waals surface area contributed by atoms with Gasteiger partial charge in [-0.25, -0.2) is 0 Å². The Labute approximate surface area is 113 Å². The van der Waals surface area contributed by atoms with Crippen LogP contribution in [0, 0.1) is 19.3 Å². The number of carbonyl (C=O) groups excluding carboxylic acids is 1. The number of benzene rings is 1. The molecule has 1 amide bonds. The van der Waals surface area contributed by atoms with E-state index in [1.807, 2.05) is 32.0 Å². The second kappa shape index (κ2) is 5.87. The average Bonchev–Trinajstić information content (AvgIpc) is 2.10. The minimum atomic E-state index is -0.885. The first-order chi connectivity index (χ1) is 8.68. The molecule has 0 unspecified atom stereocenters. The number of rotatable bonds is 5. The van der Waals surface area contributed by atoms with Crippen molar-refractivity contribution in [3.63, 3.8) is 0 Å². The maximum atomic E-state index is 11.9. The van der Waals surface area contributed by atoms with Crippen LogP contribution in [0.4, 0.5) is 5.69 Å². The van der Waals surface area contributed by atoms with Crippen LogP contribution < -0.4 is 5.32 Å². The van der Waals surface area contributed by atoms with Gasteiger partial charge in [-0.15, -0.1) is 0 Å². The van der Waals surface area contributed by atoms with Crippen LogP contribution in [0.5, 0.6) is 0 Å². The molecule has 0 aliphatic rings. The lowest BCUT2D eigenvalue weighted by Gasteiger charge is -2.21. The number of aliphatic carboxylic acids is 1. The lowest BCUT2D eigenvalue weighted by Crippen LogP contribution is -2.24. The fraction of sp³-hybridized carbons (Fsp3) is 0.467. The third-order valence-corrected chi connectivity index (χ3v) is 2.77. The number of anilines is 1. The normalized spacial score (nSPS) is 11.2. The first-order valence-electron chi connectivity index (χ1n) is 6.28. The van der Waals surface area contributed by atoms with Crippen LogP contribution in [0.25, 0.3) is 0 Å². The molecule has 4 heteroatoms. The van der Waals surface area contributed by atoms with Gasteiger partial charge in [-0.2, -0.15) is 0 Å². The molecule has 0 aliphatic heterocycles. The molecule has 1 aromatic carbocycles. The van der Waals surface area contributed by atoms with E-state index < -0.39 is 11.4 Å². The second-order valence-corrected chi connectivity index (χ2v) is 5.84. The summed E-state index contributed by atoms with van der Waals surface area (Å²) in [5.41, 5.74) is 2.38. The lowest BCUT2D eigenvalue weighted by atomic mass is 9.85. The maximum Gasteiger partial charge on any atom is 0.303 e. The van der Waals surface area contributed by atoms with Crippen LogP contribution >= 0.6 is 0 Å². The third-order valence-electron chi connectivity index (χ3n) is 2.77. The molecule has 4 nitrogen and oxygen atoms in total. The zero-order chi connectivity index (χ0) is 14.6. The Balaban J connectivity index is 2.67. The van der Waals surface area contributed by atoms with Gasteiger partial charge in [-0.05, 0) is 42.5 Å². The Morgan fingerprint density at radius 1 is 1.11 bits per heavy atom. The van der Waals surface area contributed by atoms with E-state index in [2.05, 4.69) is 5.32 Å². The second-order valence-electron chi connectivity index (χ2n) is 5.84. The fourth-order valence-electron chi connectivity index (χ4n) is 2.16. The number of carboxylic acid groups (broad SMARTS) is 1. The highest BCUT2D eigenvalue weighted by molar-refractivity contribution is 5.91. The largest absolute Gasteiger partial charge is 0.481 e. The summed E-state index contributed by atoms with van der Waals surface area (Å²) in [6.07, 6.45) is 0.166. The number of aryl methyl sites for hydroxylation is 2. The van der Waals surface area contributed by atoms with Crippen molar-refractivity contribution in [2.75, 3.05) is 5.32 Å². The summed E-state index contributed by atoms with van der Waals surface area (Å²) in [5.74, 6) is -1.04. The highest BCUT2D eigenvalue weighted by Crippen LogP contribution is 2.25. The summed E-state index contributed by atoms with van der Waals surface area (Å²) in [6, 6.07) is 5.83. The quantitative estimate of drug-likeness (QED) is 0.857. The Morgan fingerprint density at radius 3 is 2.11 bits per heavy atom. The maximum absolute atomic E-state index is 11.9. The van der Waals surface area contributed by atoms with Gasteiger partial charge in [0.25, 0.3) is 0 Å². The molecule has 104 valence electrons. The summed E-state index contributed by atoms with van der Waals surface area (Å²) in [7, 11) is 0. The minimum absolute atomic E-state index is 0.0206. The molecule has 0 saturated carbocycles. The van der Waals surface area contributed by atoms with E-state index >= 15 is 0 Å². The van der Waals surface area contributed by atoms with Crippen LogP contribution in [0.3, 0.4) is 0 Å². The SMILES string of the molecule is Cc1cc(C)cc(NC(=O)CC(C)(C)CC(=O)O)c1. The molecular formula is C15H21NO3. The van der Waals surface area contributed by atoms with E-state index in [1.54, 1.807) is 13.8 Å². The molecule has 2 N–H and O–H groups in total. The van der Waals surface area contributed by atoms with Gasteiger partial charge in [0.2, 0.25) is 5.91 Å². The molecule has 0 saturated heterocycles. The minimum Gasteiger partial charge on any atom is -0.481 e. The van der Waals surface area contributed by atoms with Crippen molar-refractivity contribution in [2.45, 2.75) is 40.5 Å². The van der Waals surface area contributed by atoms with Gasteiger partial charge in [0.1, 0.15) is 0 Å². The topological polar surface area (TPSA) is 66.4 Å². The van der Waals surface area contributed by atoms with Crippen LogP contribution in [-0.4, -0.2) is 17.0 Å². The molecule has 1 rings (SSSR count). The zero-order valence-corrected chi connectivity index (χ0v) is 11.9. The van der Waals surface area contributed by atoms with Crippen LogP contribution in [0.1, 0.15) is 37.8 Å². The van der Waals surface area contributed by atoms with Crippen molar-refractivity contribution in [1.82, 2.24) is 0 Å². The molecule has 0 aliphatic carbocycles. The monoisotopic (exact) mass is 263 g/mol. The van der Waals surface area contributed by atoms with E-state index in [4.69, 9.17) is 5.11 Å². The van der Waals surface area contributed by atoms with Crippen molar-refractivity contribution in [1.29, 1.82) is 0 Å². The highest BCUT2D eigenvalue weighted by Gasteiger charge is 2.25. The first kappa shape index (κ1) is 15.2. The molecule has 0 bridgehead atoms. The number of amides is 1. The van der Waals surface area contributed by atoms with E-state index in [0.29, 0.717) is 0 Å². The predicted molar refractivity (Wildman–Crippen MR) is 75.2 cm³/mol. The van der Waals surface area contributed by atoms with Crippen molar-refractivity contribution < 1.29 is 14.7 Å². The molecule has 1 aromatic rings. The predicted octanol–water partition coefficient (Wildman–Crippen LogP) is 3.13. The van der Waals surface area contributed by atoms with E-state index in [0.717, 1.165) is 16.8 Å². The molecule has 0 aromatic heterocycles. The fourth-order valence-corrected chi connectivity index (χ4v) is 2.16. The van der Waals surface area contributed by atoms with E-state index in [1.165, 1.54) is 0 Å². The summed E-state index contributed by atoms with van der Waals surface area (Å²) in [5, 5.41) is 11.6. The summed E-state index contributed by atoms with van der Waals surface area (Å²) < 4.78 is 0. The van der Waals surface area contributed by atoms with Crippen molar-refractivity contribution in [2.24, 2.45) is 5.41 Å². The smallest absolute Gasteiger partial charge is 0.303 e. The van der Waals surface area contributed by atoms with Gasteiger partial charge >= 0.3 is 5.97 Å². The molecule has 0 heterocycles. The molecule has 0 spiro atoms. The number of carboxylic acids is 1. The van der Waals surface area contributed by atoms with Gasteiger partial charge in [-0.3, -0.25) is 9.59 Å². The van der Waals surface area contributed by atoms with Gasteiger partial charge in [0.15, 0.2) is 0 Å². The van der Waals surface area contributed by atoms with Crippen molar-refractivity contribution in [3.05, 3.63) is 29.3 Å². The van der Waals surface area contributed by atoms with E-state index in [-0.39, 0.29) is 18.7 Å². The summed E-state index contributed by atoms with van der Waals surface area (Å²) in [4.78, 5) is 22.6. The molecule has 19 heavy (non-hydrogen) atoms. The number of carbonyl (C=O) groups is 2. The number of hydrogen-bond acceptors (Lipinski definition) is 2. The highest BCUT2D eigenvalue weighted by atomic mass is 16.4. The average molecular weight is 263 g/mol. The third kappa shape index (κ3) is 5.55. The van der Waals surface area contributed by atoms with E-state index in [9.17, 15) is 9.59 Å². The standard InChI is InChI=1S/C15H21NO3/c1-10-5-11(2)7-12(6-10)16-13(17)8-15(3,4)9-14(18)19/h5-7H,8-9H2,1-4H3,(H,16,17)(H,18,19). The van der Waals surface area contributed by atoms with Gasteiger partial charge in [0.05, 0.1) is 6.42 Å². The van der Waals surface area contributed by atoms with Crippen LogP contribution in [-0.2, 0) is 9.59 Å². The Hall–Kier alpha value is -1.84. The van der Waals surface area contributed by atoms with Gasteiger partial charge in [-0.1, -0.05) is 19.9 Å². The van der Waals surface area contributed by atoms with Crippen molar-refractivity contribution in [3.8, 4) is 0 Å². The first-order valence-corrected chi connectivity index (χ1v) is 6.28. The summed E-state index contributed by atoms with van der Waals surface area (Å²) >= 11 is 0. The molecule has 0 atom stereocenters.